The van der Waals surface area contributed by atoms with E-state index in [1.54, 1.807) is 36.4 Å². The van der Waals surface area contributed by atoms with Gasteiger partial charge in [-0.15, -0.1) is 0 Å². The lowest BCUT2D eigenvalue weighted by molar-refractivity contribution is -0.0584. The summed E-state index contributed by atoms with van der Waals surface area (Å²) in [6, 6.07) is 27.1. The molecule has 1 aliphatic heterocycles. The van der Waals surface area contributed by atoms with Crippen LogP contribution in [-0.4, -0.2) is 31.3 Å². The standard InChI is InChI=1S/C28H20N2O7S/c31-26-24-11-4-5-12-25(24)27(32)30(26)37-28(33)20-9-6-10-23(17-20)38(34,35)29-21-13-15-22(16-14-21)36-18-19-7-2-1-3-8-19/h1-17,29H,18H2. The van der Waals surface area contributed by atoms with Gasteiger partial charge in [-0.05, 0) is 60.2 Å². The number of carbonyl (C=O) groups excluding carboxylic acids is 3. The Labute approximate surface area is 218 Å². The summed E-state index contributed by atoms with van der Waals surface area (Å²) in [5.41, 5.74) is 1.36. The Morgan fingerprint density at radius 2 is 1.39 bits per heavy atom. The van der Waals surface area contributed by atoms with Gasteiger partial charge in [-0.2, -0.15) is 0 Å². The second-order valence-electron chi connectivity index (χ2n) is 8.26. The van der Waals surface area contributed by atoms with Gasteiger partial charge in [0.1, 0.15) is 12.4 Å². The smallest absolute Gasteiger partial charge is 0.363 e. The van der Waals surface area contributed by atoms with Crippen LogP contribution >= 0.6 is 0 Å². The van der Waals surface area contributed by atoms with Crippen molar-refractivity contribution in [3.05, 3.63) is 125 Å². The third-order valence-corrected chi connectivity index (χ3v) is 7.04. The molecule has 9 nitrogen and oxygen atoms in total. The lowest BCUT2D eigenvalue weighted by Gasteiger charge is -2.13. The van der Waals surface area contributed by atoms with Gasteiger partial charge in [0.2, 0.25) is 0 Å². The predicted octanol–water partition coefficient (Wildman–Crippen LogP) is 4.43. The van der Waals surface area contributed by atoms with Crippen LogP contribution in [0.1, 0.15) is 36.6 Å². The van der Waals surface area contributed by atoms with Crippen molar-refractivity contribution in [3.63, 3.8) is 0 Å². The van der Waals surface area contributed by atoms with Crippen LogP contribution in [0, 0.1) is 0 Å². The number of nitrogens with one attached hydrogen (secondary N) is 1. The zero-order valence-corrected chi connectivity index (χ0v) is 20.6. The number of carbonyl (C=O) groups is 3. The quantitative estimate of drug-likeness (QED) is 0.336. The maximum atomic E-state index is 13.0. The summed E-state index contributed by atoms with van der Waals surface area (Å²) in [5, 5.41) is 0.369. The van der Waals surface area contributed by atoms with Crippen molar-refractivity contribution in [2.45, 2.75) is 11.5 Å². The molecular weight excluding hydrogens is 508 g/mol. The van der Waals surface area contributed by atoms with Gasteiger partial charge < -0.3 is 9.57 Å². The average molecular weight is 529 g/mol. The van der Waals surface area contributed by atoms with Crippen LogP contribution in [0.2, 0.25) is 0 Å². The van der Waals surface area contributed by atoms with Crippen LogP contribution in [-0.2, 0) is 21.5 Å². The van der Waals surface area contributed by atoms with Gasteiger partial charge >= 0.3 is 5.97 Å². The molecule has 0 aliphatic carbocycles. The molecule has 0 aromatic heterocycles. The van der Waals surface area contributed by atoms with Crippen molar-refractivity contribution in [2.75, 3.05) is 4.72 Å². The summed E-state index contributed by atoms with van der Waals surface area (Å²) in [5.74, 6) is -2.05. The van der Waals surface area contributed by atoms with Crippen molar-refractivity contribution in [2.24, 2.45) is 0 Å². The average Bonchev–Trinajstić information content (AvgIpc) is 3.18. The minimum absolute atomic E-state index is 0.113. The topological polar surface area (TPSA) is 119 Å². The number of hydrogen-bond donors (Lipinski definition) is 1. The number of rotatable bonds is 8. The molecule has 0 spiro atoms. The molecule has 2 amide bonds. The van der Waals surface area contributed by atoms with Crippen LogP contribution in [0.25, 0.3) is 0 Å². The first-order valence-electron chi connectivity index (χ1n) is 11.4. The highest BCUT2D eigenvalue weighted by Crippen LogP contribution is 2.25. The lowest BCUT2D eigenvalue weighted by atomic mass is 10.1. The van der Waals surface area contributed by atoms with Gasteiger partial charge in [-0.25, -0.2) is 13.2 Å². The highest BCUT2D eigenvalue weighted by atomic mass is 32.2. The molecule has 0 unspecified atom stereocenters. The second-order valence-corrected chi connectivity index (χ2v) is 9.94. The van der Waals surface area contributed by atoms with E-state index in [9.17, 15) is 22.8 Å². The fourth-order valence-corrected chi connectivity index (χ4v) is 4.85. The van der Waals surface area contributed by atoms with E-state index >= 15 is 0 Å². The van der Waals surface area contributed by atoms with Crippen molar-refractivity contribution in [3.8, 4) is 5.75 Å². The van der Waals surface area contributed by atoms with Gasteiger partial charge in [0.15, 0.2) is 0 Å². The first-order valence-corrected chi connectivity index (χ1v) is 12.9. The normalized spacial score (nSPS) is 12.7. The Bertz CT molecular complexity index is 1600. The predicted molar refractivity (Wildman–Crippen MR) is 137 cm³/mol. The molecule has 38 heavy (non-hydrogen) atoms. The summed E-state index contributed by atoms with van der Waals surface area (Å²) in [4.78, 5) is 42.4. The first-order chi connectivity index (χ1) is 18.3. The van der Waals surface area contributed by atoms with Crippen LogP contribution in [0.3, 0.4) is 0 Å². The Morgan fingerprint density at radius 3 is 2.05 bits per heavy atom. The highest BCUT2D eigenvalue weighted by molar-refractivity contribution is 7.92. The second kappa shape index (κ2) is 10.2. The van der Waals surface area contributed by atoms with Crippen LogP contribution in [0.5, 0.6) is 5.75 Å². The third-order valence-electron chi connectivity index (χ3n) is 5.67. The number of hydrogen-bond acceptors (Lipinski definition) is 7. The number of anilines is 1. The van der Waals surface area contributed by atoms with Crippen molar-refractivity contribution in [1.29, 1.82) is 0 Å². The molecule has 4 aromatic carbocycles. The van der Waals surface area contributed by atoms with E-state index in [2.05, 4.69) is 4.72 Å². The fourth-order valence-electron chi connectivity index (χ4n) is 3.75. The molecule has 190 valence electrons. The minimum atomic E-state index is -4.08. The van der Waals surface area contributed by atoms with Gasteiger partial charge in [0.25, 0.3) is 21.8 Å². The number of sulfonamides is 1. The zero-order valence-electron chi connectivity index (χ0n) is 19.7. The summed E-state index contributed by atoms with van der Waals surface area (Å²) in [7, 11) is -4.08. The summed E-state index contributed by atoms with van der Waals surface area (Å²) >= 11 is 0. The number of hydroxylamine groups is 2. The number of amides is 2. The Hall–Kier alpha value is -4.96. The van der Waals surface area contributed by atoms with Crippen molar-refractivity contribution < 1.29 is 32.4 Å². The Morgan fingerprint density at radius 1 is 0.763 bits per heavy atom. The molecule has 10 heteroatoms. The molecule has 0 atom stereocenters. The molecule has 4 aromatic rings. The van der Waals surface area contributed by atoms with Crippen LogP contribution < -0.4 is 9.46 Å². The molecule has 0 saturated carbocycles. The maximum Gasteiger partial charge on any atom is 0.363 e. The SMILES string of the molecule is O=C(ON1C(=O)c2ccccc2C1=O)c1cccc(S(=O)(=O)Nc2ccc(OCc3ccccc3)cc2)c1. The number of imide groups is 1. The molecule has 5 rings (SSSR count). The van der Waals surface area contributed by atoms with E-state index < -0.39 is 27.8 Å². The summed E-state index contributed by atoms with van der Waals surface area (Å²) < 4.78 is 34.1. The maximum absolute atomic E-state index is 13.0. The highest BCUT2D eigenvalue weighted by Gasteiger charge is 2.38. The largest absolute Gasteiger partial charge is 0.489 e. The molecule has 0 fully saturated rings. The van der Waals surface area contributed by atoms with Gasteiger partial charge in [-0.1, -0.05) is 53.6 Å². The fraction of sp³-hybridized carbons (Fsp3) is 0.0357. The molecule has 0 bridgehead atoms. The van der Waals surface area contributed by atoms with E-state index in [4.69, 9.17) is 9.57 Å². The van der Waals surface area contributed by atoms with Crippen molar-refractivity contribution in [1.82, 2.24) is 5.06 Å². The Kier molecular flexibility index (Phi) is 6.63. The van der Waals surface area contributed by atoms with Gasteiger partial charge in [-0.3, -0.25) is 14.3 Å². The van der Waals surface area contributed by atoms with E-state index in [-0.39, 0.29) is 27.3 Å². The monoisotopic (exact) mass is 528 g/mol. The molecule has 0 radical (unpaired) electrons. The van der Waals surface area contributed by atoms with E-state index in [0.29, 0.717) is 17.4 Å². The minimum Gasteiger partial charge on any atom is -0.489 e. The first kappa shape index (κ1) is 24.7. The lowest BCUT2D eigenvalue weighted by Crippen LogP contribution is -2.32. The Balaban J connectivity index is 1.25. The molecule has 0 saturated heterocycles. The number of fused-ring (bicyclic) bond motifs is 1. The summed E-state index contributed by atoms with van der Waals surface area (Å²) in [6.07, 6.45) is 0. The van der Waals surface area contributed by atoms with E-state index in [0.717, 1.165) is 11.6 Å². The number of ether oxygens (including phenoxy) is 1. The van der Waals surface area contributed by atoms with Crippen LogP contribution in [0.4, 0.5) is 5.69 Å². The van der Waals surface area contributed by atoms with Gasteiger partial charge in [0.05, 0.1) is 21.6 Å². The molecule has 1 N–H and O–H groups in total. The van der Waals surface area contributed by atoms with Crippen molar-refractivity contribution >= 4 is 33.5 Å². The summed E-state index contributed by atoms with van der Waals surface area (Å²) in [6.45, 7) is 0.371. The van der Waals surface area contributed by atoms with E-state index in [1.807, 2.05) is 30.3 Å². The van der Waals surface area contributed by atoms with Gasteiger partial charge in [0, 0.05) is 5.69 Å². The molecule has 1 heterocycles. The zero-order chi connectivity index (χ0) is 26.7. The third kappa shape index (κ3) is 5.11. The van der Waals surface area contributed by atoms with Crippen LogP contribution in [0.15, 0.2) is 108 Å². The molecule has 1 aliphatic rings. The van der Waals surface area contributed by atoms with E-state index in [1.165, 1.54) is 30.3 Å². The number of nitrogens with zero attached hydrogens (tertiary/aromatic N) is 1. The molecular formula is C28H20N2O7S. The number of benzene rings is 4.